The molecule has 0 aliphatic carbocycles. The highest BCUT2D eigenvalue weighted by Gasteiger charge is 2.02. The average molecular weight is 221 g/mol. The molecule has 0 aliphatic heterocycles. The zero-order chi connectivity index (χ0) is 11.8. The van der Waals surface area contributed by atoms with E-state index in [1.807, 2.05) is 12.1 Å². The minimum atomic E-state index is -0.196. The molecule has 0 atom stereocenters. The van der Waals surface area contributed by atoms with Gasteiger partial charge in [0, 0.05) is 25.4 Å². The second-order valence-corrected chi connectivity index (χ2v) is 3.26. The number of amides is 2. The molecular formula is C11H15N3O2. The van der Waals surface area contributed by atoms with Crippen molar-refractivity contribution in [3.63, 3.8) is 0 Å². The number of hydrogen-bond donors (Lipinski definition) is 2. The van der Waals surface area contributed by atoms with E-state index >= 15 is 0 Å². The van der Waals surface area contributed by atoms with Crippen LogP contribution in [0.3, 0.4) is 0 Å². The third-order valence-electron chi connectivity index (χ3n) is 2.01. The molecule has 0 spiro atoms. The van der Waals surface area contributed by atoms with Gasteiger partial charge in [-0.2, -0.15) is 0 Å². The van der Waals surface area contributed by atoms with E-state index in [4.69, 9.17) is 0 Å². The smallest absolute Gasteiger partial charge is 0.239 e. The van der Waals surface area contributed by atoms with Gasteiger partial charge in [0.2, 0.25) is 11.8 Å². The Kier molecular flexibility index (Phi) is 4.98. The predicted octanol–water partition coefficient (Wildman–Crippen LogP) is 0.224. The fourth-order valence-corrected chi connectivity index (χ4v) is 1.07. The number of hydrogen-bond acceptors (Lipinski definition) is 3. The quantitative estimate of drug-likeness (QED) is 0.747. The molecule has 1 aromatic heterocycles. The number of pyridine rings is 1. The lowest BCUT2D eigenvalue weighted by Gasteiger charge is -2.05. The maximum Gasteiger partial charge on any atom is 0.239 e. The molecule has 0 radical (unpaired) electrons. The molecule has 0 saturated heterocycles. The maximum atomic E-state index is 11.3. The molecule has 86 valence electrons. The highest BCUT2D eigenvalue weighted by Crippen LogP contribution is 1.94. The molecule has 2 amide bonds. The molecule has 16 heavy (non-hydrogen) atoms. The molecule has 0 unspecified atom stereocenters. The summed E-state index contributed by atoms with van der Waals surface area (Å²) in [5, 5.41) is 5.20. The lowest BCUT2D eigenvalue weighted by atomic mass is 10.3. The monoisotopic (exact) mass is 221 g/mol. The van der Waals surface area contributed by atoms with Crippen molar-refractivity contribution in [3.05, 3.63) is 30.1 Å². The van der Waals surface area contributed by atoms with Crippen molar-refractivity contribution < 1.29 is 9.59 Å². The van der Waals surface area contributed by atoms with Crippen molar-refractivity contribution in [2.45, 2.75) is 19.9 Å². The Morgan fingerprint density at radius 1 is 1.19 bits per heavy atom. The van der Waals surface area contributed by atoms with E-state index in [2.05, 4.69) is 15.6 Å². The van der Waals surface area contributed by atoms with Gasteiger partial charge in [-0.05, 0) is 17.7 Å². The molecule has 5 heteroatoms. The summed E-state index contributed by atoms with van der Waals surface area (Å²) in [7, 11) is 0. The van der Waals surface area contributed by atoms with Crippen molar-refractivity contribution in [2.24, 2.45) is 0 Å². The number of nitrogens with one attached hydrogen (secondary N) is 2. The summed E-state index contributed by atoms with van der Waals surface area (Å²) in [5.41, 5.74) is 0.977. The molecule has 2 N–H and O–H groups in total. The van der Waals surface area contributed by atoms with Crippen LogP contribution >= 0.6 is 0 Å². The molecule has 0 aromatic carbocycles. The van der Waals surface area contributed by atoms with Gasteiger partial charge < -0.3 is 10.6 Å². The third kappa shape index (κ3) is 4.54. The predicted molar refractivity (Wildman–Crippen MR) is 59.4 cm³/mol. The summed E-state index contributed by atoms with van der Waals surface area (Å²) < 4.78 is 0. The van der Waals surface area contributed by atoms with Crippen LogP contribution < -0.4 is 10.6 Å². The molecule has 1 rings (SSSR count). The van der Waals surface area contributed by atoms with Crippen LogP contribution in [-0.4, -0.2) is 23.3 Å². The van der Waals surface area contributed by atoms with Gasteiger partial charge in [0.15, 0.2) is 0 Å². The Bertz CT molecular complexity index is 352. The number of nitrogens with zero attached hydrogens (tertiary/aromatic N) is 1. The van der Waals surface area contributed by atoms with Crippen LogP contribution in [0.25, 0.3) is 0 Å². The van der Waals surface area contributed by atoms with E-state index in [9.17, 15) is 9.59 Å². The van der Waals surface area contributed by atoms with Gasteiger partial charge in [0.25, 0.3) is 0 Å². The third-order valence-corrected chi connectivity index (χ3v) is 2.01. The van der Waals surface area contributed by atoms with E-state index in [0.29, 0.717) is 13.0 Å². The second kappa shape index (κ2) is 6.55. The largest absolute Gasteiger partial charge is 0.350 e. The van der Waals surface area contributed by atoms with Crippen LogP contribution in [0.4, 0.5) is 0 Å². The van der Waals surface area contributed by atoms with Gasteiger partial charge >= 0.3 is 0 Å². The zero-order valence-electron chi connectivity index (χ0n) is 9.19. The first kappa shape index (κ1) is 12.2. The summed E-state index contributed by atoms with van der Waals surface area (Å²) in [6, 6.07) is 3.65. The highest BCUT2D eigenvalue weighted by molar-refractivity contribution is 5.84. The van der Waals surface area contributed by atoms with Crippen molar-refractivity contribution in [1.29, 1.82) is 0 Å². The van der Waals surface area contributed by atoms with Crippen LogP contribution in [0, 0.1) is 0 Å². The number of rotatable bonds is 5. The summed E-state index contributed by atoms with van der Waals surface area (Å²) in [6.45, 7) is 2.21. The van der Waals surface area contributed by atoms with Gasteiger partial charge in [-0.3, -0.25) is 14.6 Å². The van der Waals surface area contributed by atoms with E-state index < -0.39 is 0 Å². The van der Waals surface area contributed by atoms with Crippen LogP contribution in [0.2, 0.25) is 0 Å². The second-order valence-electron chi connectivity index (χ2n) is 3.26. The molecule has 0 fully saturated rings. The van der Waals surface area contributed by atoms with E-state index in [0.717, 1.165) is 5.56 Å². The minimum absolute atomic E-state index is 0.0256. The van der Waals surface area contributed by atoms with E-state index in [1.54, 1.807) is 19.3 Å². The van der Waals surface area contributed by atoms with Crippen molar-refractivity contribution in [2.75, 3.05) is 6.54 Å². The fourth-order valence-electron chi connectivity index (χ4n) is 1.07. The van der Waals surface area contributed by atoms with Gasteiger partial charge in [-0.25, -0.2) is 0 Å². The molecule has 1 aromatic rings. The first-order valence-electron chi connectivity index (χ1n) is 5.14. The van der Waals surface area contributed by atoms with Gasteiger partial charge in [0.05, 0.1) is 6.54 Å². The Morgan fingerprint density at radius 3 is 2.50 bits per heavy atom. The average Bonchev–Trinajstić information content (AvgIpc) is 2.34. The Labute approximate surface area is 94.3 Å². The minimum Gasteiger partial charge on any atom is -0.350 e. The van der Waals surface area contributed by atoms with Crippen molar-refractivity contribution in [1.82, 2.24) is 15.6 Å². The van der Waals surface area contributed by atoms with Crippen molar-refractivity contribution in [3.8, 4) is 0 Å². The first-order valence-corrected chi connectivity index (χ1v) is 5.14. The molecule has 0 aliphatic rings. The molecule has 1 heterocycles. The molecular weight excluding hydrogens is 206 g/mol. The SMILES string of the molecule is CCC(=O)NCC(=O)NCc1ccncc1. The summed E-state index contributed by atoms with van der Waals surface area (Å²) >= 11 is 0. The number of carbonyl (C=O) groups excluding carboxylic acids is 2. The van der Waals surface area contributed by atoms with Crippen LogP contribution in [0.5, 0.6) is 0 Å². The van der Waals surface area contributed by atoms with Crippen LogP contribution in [0.15, 0.2) is 24.5 Å². The van der Waals surface area contributed by atoms with Gasteiger partial charge in [-0.15, -0.1) is 0 Å². The Morgan fingerprint density at radius 2 is 1.88 bits per heavy atom. The van der Waals surface area contributed by atoms with Gasteiger partial charge in [-0.1, -0.05) is 6.92 Å². The van der Waals surface area contributed by atoms with Crippen LogP contribution in [0.1, 0.15) is 18.9 Å². The topological polar surface area (TPSA) is 71.1 Å². The molecule has 0 bridgehead atoms. The number of aromatic nitrogens is 1. The van der Waals surface area contributed by atoms with Crippen molar-refractivity contribution >= 4 is 11.8 Å². The lowest BCUT2D eigenvalue weighted by Crippen LogP contribution is -2.36. The fraction of sp³-hybridized carbons (Fsp3) is 0.364. The summed E-state index contributed by atoms with van der Waals surface area (Å²) in [4.78, 5) is 26.1. The maximum absolute atomic E-state index is 11.3. The Balaban J connectivity index is 2.23. The zero-order valence-corrected chi connectivity index (χ0v) is 9.19. The van der Waals surface area contributed by atoms with Gasteiger partial charge in [0.1, 0.15) is 0 Å². The lowest BCUT2D eigenvalue weighted by molar-refractivity contribution is -0.126. The first-order chi connectivity index (χ1) is 7.72. The Hall–Kier alpha value is -1.91. The number of carbonyl (C=O) groups is 2. The molecule has 5 nitrogen and oxygen atoms in total. The highest BCUT2D eigenvalue weighted by atomic mass is 16.2. The van der Waals surface area contributed by atoms with E-state index in [-0.39, 0.29) is 18.4 Å². The van der Waals surface area contributed by atoms with E-state index in [1.165, 1.54) is 0 Å². The van der Waals surface area contributed by atoms with Crippen LogP contribution in [-0.2, 0) is 16.1 Å². The summed E-state index contributed by atoms with van der Waals surface area (Å²) in [5.74, 6) is -0.322. The normalized spacial score (nSPS) is 9.56. The summed E-state index contributed by atoms with van der Waals surface area (Å²) in [6.07, 6.45) is 3.72. The molecule has 0 saturated carbocycles. The standard InChI is InChI=1S/C11H15N3O2/c1-2-10(15)14-8-11(16)13-7-9-3-5-12-6-4-9/h3-6H,2,7-8H2,1H3,(H,13,16)(H,14,15).